The van der Waals surface area contributed by atoms with Crippen LogP contribution in [0, 0.1) is 0 Å². The van der Waals surface area contributed by atoms with Crippen LogP contribution in [0.25, 0.3) is 21.5 Å². The van der Waals surface area contributed by atoms with E-state index >= 15 is 0 Å². The van der Waals surface area contributed by atoms with Gasteiger partial charge in [0.25, 0.3) is 0 Å². The van der Waals surface area contributed by atoms with Gasteiger partial charge in [-0.15, -0.1) is 0 Å². The van der Waals surface area contributed by atoms with Gasteiger partial charge in [-0.25, -0.2) is 0 Å². The molecule has 4 nitrogen and oxygen atoms in total. The predicted octanol–water partition coefficient (Wildman–Crippen LogP) is 14.5. The Kier molecular flexibility index (Phi) is 7.28. The molecular formula is C48H42N2O2. The molecule has 0 fully saturated rings. The molecule has 7 aromatic carbocycles. The van der Waals surface area contributed by atoms with E-state index in [1.165, 1.54) is 82.6 Å². The fourth-order valence-corrected chi connectivity index (χ4v) is 9.07. The Morgan fingerprint density at radius 3 is 1.27 bits per heavy atom. The summed E-state index contributed by atoms with van der Waals surface area (Å²) < 4.78 is 12.8. The first-order valence-corrected chi connectivity index (χ1v) is 19.0. The summed E-state index contributed by atoms with van der Waals surface area (Å²) in [7, 11) is 0. The lowest BCUT2D eigenvalue weighted by Gasteiger charge is -2.35. The maximum Gasteiger partial charge on any atom is 0.151 e. The van der Waals surface area contributed by atoms with Crippen molar-refractivity contribution < 1.29 is 9.47 Å². The second kappa shape index (κ2) is 12.2. The normalized spacial score (nSPS) is 14.5. The Morgan fingerprint density at radius 2 is 0.846 bits per heavy atom. The molecule has 0 atom stereocenters. The molecule has 4 heteroatoms. The van der Waals surface area contributed by atoms with E-state index in [1.54, 1.807) is 0 Å². The summed E-state index contributed by atoms with van der Waals surface area (Å²) in [4.78, 5) is 4.80. The molecule has 0 radical (unpaired) electrons. The number of anilines is 6. The van der Waals surface area contributed by atoms with Crippen molar-refractivity contribution in [3.05, 3.63) is 145 Å². The van der Waals surface area contributed by atoms with Crippen LogP contribution in [0.15, 0.2) is 133 Å². The molecule has 7 aromatic rings. The van der Waals surface area contributed by atoms with Gasteiger partial charge in [-0.2, -0.15) is 0 Å². The number of benzene rings is 7. The van der Waals surface area contributed by atoms with Crippen molar-refractivity contribution in [3.63, 3.8) is 0 Å². The minimum atomic E-state index is -0.173. The number of rotatable bonds is 9. The van der Waals surface area contributed by atoms with Crippen LogP contribution in [0.4, 0.5) is 34.1 Å². The highest BCUT2D eigenvalue weighted by Gasteiger charge is 2.40. The third-order valence-corrected chi connectivity index (χ3v) is 11.6. The largest absolute Gasteiger partial charge is 0.453 e. The van der Waals surface area contributed by atoms with Crippen LogP contribution in [0.5, 0.6) is 23.0 Å². The van der Waals surface area contributed by atoms with E-state index in [2.05, 4.69) is 157 Å². The summed E-state index contributed by atoms with van der Waals surface area (Å²) >= 11 is 0. The van der Waals surface area contributed by atoms with E-state index in [-0.39, 0.29) is 5.41 Å². The van der Waals surface area contributed by atoms with Crippen LogP contribution in [-0.4, -0.2) is 0 Å². The van der Waals surface area contributed by atoms with E-state index in [9.17, 15) is 0 Å². The zero-order valence-corrected chi connectivity index (χ0v) is 29.9. The Bertz CT molecular complexity index is 2260. The molecule has 2 aliphatic heterocycles. The van der Waals surface area contributed by atoms with Gasteiger partial charge in [0, 0.05) is 16.8 Å². The van der Waals surface area contributed by atoms with Crippen molar-refractivity contribution in [2.45, 2.75) is 64.2 Å². The summed E-state index contributed by atoms with van der Waals surface area (Å²) in [6.45, 7) is 4.81. The minimum absolute atomic E-state index is 0.173. The summed E-state index contributed by atoms with van der Waals surface area (Å²) in [6, 6.07) is 48.1. The summed E-state index contributed by atoms with van der Waals surface area (Å²) in [6.07, 6.45) is 8.74. The van der Waals surface area contributed by atoms with E-state index < -0.39 is 0 Å². The molecule has 3 aliphatic rings. The van der Waals surface area contributed by atoms with Gasteiger partial charge >= 0.3 is 0 Å². The predicted molar refractivity (Wildman–Crippen MR) is 215 cm³/mol. The lowest BCUT2D eigenvalue weighted by molar-refractivity contribution is 0.476. The number of hydrogen-bond donors (Lipinski definition) is 0. The zero-order chi connectivity index (χ0) is 34.8. The molecule has 0 N–H and O–H groups in total. The van der Waals surface area contributed by atoms with Gasteiger partial charge in [-0.1, -0.05) is 113 Å². The standard InChI is InChI=1S/C48H42N2O2/c1-3-4-5-6-7-16-27-48(2)36-30-34(49-38-17-8-12-21-42(38)51-43-22-13-9-18-39(43)49)28-32-25-26-33-29-35(31-37(48)47(33)46(32)36)50-40-19-10-14-23-44(40)52-45-24-15-11-20-41(45)50/h8-15,17-26,28-31H,3-7,16,27H2,1-2H3. The van der Waals surface area contributed by atoms with Gasteiger partial charge in [0.2, 0.25) is 0 Å². The quantitative estimate of drug-likeness (QED) is 0.112. The molecule has 0 unspecified atom stereocenters. The fraction of sp³-hybridized carbons (Fsp3) is 0.208. The van der Waals surface area contributed by atoms with Crippen LogP contribution in [0.1, 0.15) is 69.9 Å². The van der Waals surface area contributed by atoms with Gasteiger partial charge in [-0.05, 0) is 112 Å². The molecular weight excluding hydrogens is 637 g/mol. The molecule has 0 aromatic heterocycles. The maximum atomic E-state index is 6.42. The molecule has 0 spiro atoms. The van der Waals surface area contributed by atoms with Crippen molar-refractivity contribution in [1.29, 1.82) is 0 Å². The van der Waals surface area contributed by atoms with Crippen molar-refractivity contribution in [2.24, 2.45) is 0 Å². The highest BCUT2D eigenvalue weighted by atomic mass is 16.5. The molecule has 0 bridgehead atoms. The Labute approximate surface area is 305 Å². The number of nitrogens with zero attached hydrogens (tertiary/aromatic N) is 2. The molecule has 0 amide bonds. The van der Waals surface area contributed by atoms with Crippen LogP contribution in [0.2, 0.25) is 0 Å². The summed E-state index contributed by atoms with van der Waals surface area (Å²) in [5.41, 5.74) is 9.27. The van der Waals surface area contributed by atoms with Gasteiger partial charge in [-0.3, -0.25) is 0 Å². The van der Waals surface area contributed by atoms with Gasteiger partial charge in [0.1, 0.15) is 0 Å². The smallest absolute Gasteiger partial charge is 0.151 e. The van der Waals surface area contributed by atoms with E-state index in [0.29, 0.717) is 0 Å². The van der Waals surface area contributed by atoms with Crippen molar-refractivity contribution in [2.75, 3.05) is 9.80 Å². The molecule has 256 valence electrons. The number of unbranched alkanes of at least 4 members (excludes halogenated alkanes) is 5. The monoisotopic (exact) mass is 678 g/mol. The van der Waals surface area contributed by atoms with E-state index in [0.717, 1.165) is 52.2 Å². The molecule has 0 saturated carbocycles. The van der Waals surface area contributed by atoms with Crippen LogP contribution in [-0.2, 0) is 5.41 Å². The topological polar surface area (TPSA) is 24.9 Å². The Balaban J connectivity index is 1.16. The zero-order valence-electron chi connectivity index (χ0n) is 29.9. The first-order chi connectivity index (χ1) is 25.6. The molecule has 2 heterocycles. The van der Waals surface area contributed by atoms with Gasteiger partial charge in [0.15, 0.2) is 23.0 Å². The lowest BCUT2D eigenvalue weighted by atomic mass is 9.75. The van der Waals surface area contributed by atoms with E-state index in [4.69, 9.17) is 9.47 Å². The molecule has 52 heavy (non-hydrogen) atoms. The van der Waals surface area contributed by atoms with Crippen molar-refractivity contribution in [1.82, 2.24) is 0 Å². The number of ether oxygens (including phenoxy) is 2. The number of para-hydroxylation sites is 8. The van der Waals surface area contributed by atoms with Gasteiger partial charge in [0.05, 0.1) is 22.7 Å². The fourth-order valence-electron chi connectivity index (χ4n) is 9.07. The third-order valence-electron chi connectivity index (χ3n) is 11.6. The average Bonchev–Trinajstić information content (AvgIpc) is 3.44. The lowest BCUT2D eigenvalue weighted by Crippen LogP contribution is -2.23. The third kappa shape index (κ3) is 4.74. The second-order valence-electron chi connectivity index (χ2n) is 14.8. The molecule has 0 saturated heterocycles. The molecule has 10 rings (SSSR count). The first kappa shape index (κ1) is 31.0. The summed E-state index contributed by atoms with van der Waals surface area (Å²) in [5.74, 6) is 3.51. The first-order valence-electron chi connectivity index (χ1n) is 19.0. The highest BCUT2D eigenvalue weighted by Crippen LogP contribution is 2.58. The van der Waals surface area contributed by atoms with Crippen LogP contribution in [0.3, 0.4) is 0 Å². The van der Waals surface area contributed by atoms with Gasteiger partial charge < -0.3 is 19.3 Å². The second-order valence-corrected chi connectivity index (χ2v) is 14.8. The van der Waals surface area contributed by atoms with Crippen molar-refractivity contribution in [3.8, 4) is 23.0 Å². The number of fused-ring (bicyclic) bond motifs is 4. The number of hydrogen-bond acceptors (Lipinski definition) is 4. The highest BCUT2D eigenvalue weighted by molar-refractivity contribution is 6.17. The minimum Gasteiger partial charge on any atom is -0.453 e. The molecule has 1 aliphatic carbocycles. The van der Waals surface area contributed by atoms with Crippen LogP contribution >= 0.6 is 0 Å². The Morgan fingerprint density at radius 1 is 0.462 bits per heavy atom. The van der Waals surface area contributed by atoms with E-state index in [1.807, 2.05) is 0 Å². The Hall–Kier alpha value is -5.74. The summed E-state index contributed by atoms with van der Waals surface area (Å²) in [5, 5.41) is 5.36. The average molecular weight is 679 g/mol. The van der Waals surface area contributed by atoms with Crippen molar-refractivity contribution >= 4 is 55.7 Å². The maximum absolute atomic E-state index is 6.42. The van der Waals surface area contributed by atoms with Crippen LogP contribution < -0.4 is 19.3 Å². The SMILES string of the molecule is CCCCCCCCC1(C)c2cc(N3c4ccccc4Oc4ccccc43)cc3ccc4cc(N5c6ccccc6Oc6ccccc65)cc1c4c23.